The van der Waals surface area contributed by atoms with Gasteiger partial charge in [-0.2, -0.15) is 0 Å². The summed E-state index contributed by atoms with van der Waals surface area (Å²) in [7, 11) is 0. The van der Waals surface area contributed by atoms with Crippen molar-refractivity contribution in [3.05, 3.63) is 0 Å². The highest BCUT2D eigenvalue weighted by Gasteiger charge is 2.49. The summed E-state index contributed by atoms with van der Waals surface area (Å²) in [5.41, 5.74) is 0. The van der Waals surface area contributed by atoms with Gasteiger partial charge >= 0.3 is 6.09 Å². The van der Waals surface area contributed by atoms with Crippen LogP contribution in [0.3, 0.4) is 0 Å². The lowest BCUT2D eigenvalue weighted by molar-refractivity contribution is -0.143. The predicted molar refractivity (Wildman–Crippen MR) is 133 cm³/mol. The molecule has 196 valence electrons. The molecule has 3 aliphatic heterocycles. The van der Waals surface area contributed by atoms with Crippen LogP contribution in [0.15, 0.2) is 0 Å². The van der Waals surface area contributed by atoms with E-state index in [0.717, 1.165) is 64.5 Å². The molecule has 0 spiro atoms. The summed E-state index contributed by atoms with van der Waals surface area (Å²) < 4.78 is 5.61. The number of nitrogens with one attached hydrogen (secondary N) is 1. The lowest BCUT2D eigenvalue weighted by atomic mass is 9.68. The number of ether oxygens (including phenoxy) is 1. The third-order valence-corrected chi connectivity index (χ3v) is 9.58. The Labute approximate surface area is 210 Å². The summed E-state index contributed by atoms with van der Waals surface area (Å²) >= 11 is 0. The van der Waals surface area contributed by atoms with E-state index in [1.807, 2.05) is 30.6 Å². The molecule has 2 saturated carbocycles. The third kappa shape index (κ3) is 4.79. The Balaban J connectivity index is 1.22. The molecule has 6 atom stereocenters. The van der Waals surface area contributed by atoms with Gasteiger partial charge in [0.25, 0.3) is 0 Å². The van der Waals surface area contributed by atoms with Gasteiger partial charge in [-0.05, 0) is 84.0 Å². The maximum Gasteiger partial charge on any atom is 0.410 e. The zero-order valence-electron chi connectivity index (χ0n) is 21.9. The van der Waals surface area contributed by atoms with Gasteiger partial charge in [0, 0.05) is 50.6 Å². The van der Waals surface area contributed by atoms with Crippen LogP contribution < -0.4 is 5.32 Å². The van der Waals surface area contributed by atoms with E-state index in [4.69, 9.17) is 4.74 Å². The molecule has 2 bridgehead atoms. The number of piperazine rings is 2. The molecule has 3 unspecified atom stereocenters. The van der Waals surface area contributed by atoms with Gasteiger partial charge in [-0.25, -0.2) is 4.79 Å². The summed E-state index contributed by atoms with van der Waals surface area (Å²) in [6.45, 7) is 9.86. The molecular weight excluding hydrogens is 444 g/mol. The normalized spacial score (nSPS) is 39.1. The van der Waals surface area contributed by atoms with E-state index < -0.39 is 0 Å². The minimum Gasteiger partial charge on any atom is -0.447 e. The number of carbonyl (C=O) groups excluding carboxylic acids is 3. The van der Waals surface area contributed by atoms with Crippen LogP contribution in [0, 0.1) is 17.8 Å². The maximum absolute atomic E-state index is 13.2. The average molecular weight is 489 g/mol. The van der Waals surface area contributed by atoms with Crippen molar-refractivity contribution < 1.29 is 19.1 Å². The van der Waals surface area contributed by atoms with E-state index in [9.17, 15) is 14.4 Å². The number of amides is 3. The van der Waals surface area contributed by atoms with Crippen molar-refractivity contribution in [3.63, 3.8) is 0 Å². The van der Waals surface area contributed by atoms with Gasteiger partial charge in [0.2, 0.25) is 11.8 Å². The van der Waals surface area contributed by atoms with Crippen molar-refractivity contribution >= 4 is 17.9 Å². The molecule has 3 saturated heterocycles. The Hall–Kier alpha value is -1.83. The molecule has 0 aromatic rings. The molecule has 0 aromatic heterocycles. The lowest BCUT2D eigenvalue weighted by Gasteiger charge is -2.54. The van der Waals surface area contributed by atoms with Gasteiger partial charge in [0.1, 0.15) is 0 Å². The SMILES string of the molecule is CC(=O)N1C2CCC(C3CCC(C(=O)N4C[C@@H]5C[C@H]4CN5)CC3)CC2N(C(=O)OC(C)C)C[C@@H]1C. The summed E-state index contributed by atoms with van der Waals surface area (Å²) in [4.78, 5) is 44.8. The molecule has 0 aromatic carbocycles. The smallest absolute Gasteiger partial charge is 0.410 e. The highest BCUT2D eigenvalue weighted by molar-refractivity contribution is 5.80. The Bertz CT molecular complexity index is 826. The largest absolute Gasteiger partial charge is 0.447 e. The maximum atomic E-state index is 13.2. The highest BCUT2D eigenvalue weighted by atomic mass is 16.6. The second kappa shape index (κ2) is 9.91. The van der Waals surface area contributed by atoms with Crippen LogP contribution in [-0.4, -0.2) is 88.6 Å². The van der Waals surface area contributed by atoms with Crippen molar-refractivity contribution in [1.82, 2.24) is 20.0 Å². The summed E-state index contributed by atoms with van der Waals surface area (Å²) in [6.07, 6.45) is 7.87. The van der Waals surface area contributed by atoms with E-state index in [0.29, 0.717) is 36.4 Å². The van der Waals surface area contributed by atoms with Crippen LogP contribution in [-0.2, 0) is 14.3 Å². The lowest BCUT2D eigenvalue weighted by Crippen LogP contribution is -2.67. The monoisotopic (exact) mass is 488 g/mol. The van der Waals surface area contributed by atoms with E-state index >= 15 is 0 Å². The molecule has 3 heterocycles. The van der Waals surface area contributed by atoms with Crippen LogP contribution in [0.5, 0.6) is 0 Å². The number of hydrogen-bond acceptors (Lipinski definition) is 5. The summed E-state index contributed by atoms with van der Waals surface area (Å²) in [5, 5.41) is 3.50. The first kappa shape index (κ1) is 24.8. The Morgan fingerprint density at radius 3 is 2.20 bits per heavy atom. The van der Waals surface area contributed by atoms with Crippen LogP contribution in [0.25, 0.3) is 0 Å². The number of carbonyl (C=O) groups is 3. The van der Waals surface area contributed by atoms with Gasteiger partial charge in [-0.3, -0.25) is 9.59 Å². The molecule has 8 heteroatoms. The van der Waals surface area contributed by atoms with Crippen molar-refractivity contribution in [2.45, 2.75) is 115 Å². The topological polar surface area (TPSA) is 82.2 Å². The van der Waals surface area contributed by atoms with Crippen molar-refractivity contribution in [3.8, 4) is 0 Å². The predicted octanol–water partition coefficient (Wildman–Crippen LogP) is 3.00. The molecule has 5 fully saturated rings. The Kier molecular flexibility index (Phi) is 7.03. The van der Waals surface area contributed by atoms with Crippen LogP contribution in [0.2, 0.25) is 0 Å². The van der Waals surface area contributed by atoms with Crippen LogP contribution in [0.4, 0.5) is 4.79 Å². The van der Waals surface area contributed by atoms with Crippen LogP contribution in [0.1, 0.15) is 79.1 Å². The first-order chi connectivity index (χ1) is 16.7. The number of rotatable bonds is 3. The van der Waals surface area contributed by atoms with E-state index in [2.05, 4.69) is 10.2 Å². The highest BCUT2D eigenvalue weighted by Crippen LogP contribution is 2.44. The van der Waals surface area contributed by atoms with Gasteiger partial charge in [0.05, 0.1) is 18.2 Å². The van der Waals surface area contributed by atoms with Gasteiger partial charge in [-0.1, -0.05) is 0 Å². The number of fused-ring (bicyclic) bond motifs is 3. The quantitative estimate of drug-likeness (QED) is 0.661. The average Bonchev–Trinajstić information content (AvgIpc) is 3.46. The summed E-state index contributed by atoms with van der Waals surface area (Å²) in [6, 6.07) is 1.02. The number of hydrogen-bond donors (Lipinski definition) is 1. The number of likely N-dealkylation sites (tertiary alicyclic amines) is 1. The Morgan fingerprint density at radius 2 is 1.60 bits per heavy atom. The first-order valence-corrected chi connectivity index (χ1v) is 14.0. The molecule has 0 radical (unpaired) electrons. The molecule has 3 amide bonds. The second-order valence-electron chi connectivity index (χ2n) is 12.2. The zero-order valence-corrected chi connectivity index (χ0v) is 21.9. The van der Waals surface area contributed by atoms with Gasteiger partial charge in [0.15, 0.2) is 0 Å². The Morgan fingerprint density at radius 1 is 0.886 bits per heavy atom. The first-order valence-electron chi connectivity index (χ1n) is 14.0. The van der Waals surface area contributed by atoms with E-state index in [-0.39, 0.29) is 42.1 Å². The fourth-order valence-electron chi connectivity index (χ4n) is 8.01. The molecule has 35 heavy (non-hydrogen) atoms. The van der Waals surface area contributed by atoms with Crippen molar-refractivity contribution in [2.24, 2.45) is 17.8 Å². The van der Waals surface area contributed by atoms with Crippen molar-refractivity contribution in [1.29, 1.82) is 0 Å². The van der Waals surface area contributed by atoms with E-state index in [1.54, 1.807) is 6.92 Å². The van der Waals surface area contributed by atoms with Crippen LogP contribution >= 0.6 is 0 Å². The van der Waals surface area contributed by atoms with Gasteiger partial charge in [-0.15, -0.1) is 0 Å². The fraction of sp³-hybridized carbons (Fsp3) is 0.889. The molecule has 5 aliphatic rings. The molecule has 1 N–H and O–H groups in total. The minimum absolute atomic E-state index is 0.00233. The fourth-order valence-corrected chi connectivity index (χ4v) is 8.01. The molecular formula is C27H44N4O4. The zero-order chi connectivity index (χ0) is 24.9. The standard InChI is InChI=1S/C27H44N4O4/c1-16(2)35-27(34)30-14-17(3)31(18(4)32)24-10-9-21(11-25(24)30)19-5-7-20(8-6-19)26(33)29-15-22-12-23(29)13-28-22/h16-17,19-25,28H,5-15H2,1-4H3/t17-,19?,20?,21?,22-,23-,24?,25?/m0/s1. The van der Waals surface area contributed by atoms with Gasteiger partial charge < -0.3 is 24.8 Å². The second-order valence-corrected chi connectivity index (χ2v) is 12.2. The van der Waals surface area contributed by atoms with Crippen molar-refractivity contribution in [2.75, 3.05) is 19.6 Å². The third-order valence-electron chi connectivity index (χ3n) is 9.58. The number of nitrogens with zero attached hydrogens (tertiary/aromatic N) is 3. The molecule has 2 aliphatic carbocycles. The van der Waals surface area contributed by atoms with E-state index in [1.165, 1.54) is 0 Å². The summed E-state index contributed by atoms with van der Waals surface area (Å²) in [5.74, 6) is 1.82. The molecule has 5 rings (SSSR count). The minimum atomic E-state index is -0.241. The molecule has 8 nitrogen and oxygen atoms in total.